The Bertz CT molecular complexity index is 533. The molecule has 0 aromatic carbocycles. The molecule has 0 aromatic rings. The second kappa shape index (κ2) is 5.57. The Morgan fingerprint density at radius 2 is 1.95 bits per heavy atom. The van der Waals surface area contributed by atoms with Gasteiger partial charge in [0.15, 0.2) is 5.78 Å². The molecule has 116 valence electrons. The summed E-state index contributed by atoms with van der Waals surface area (Å²) in [5.41, 5.74) is 2.69. The highest BCUT2D eigenvalue weighted by Gasteiger charge is 2.56. The molecule has 0 radical (unpaired) electrons. The molecule has 2 aliphatic rings. The van der Waals surface area contributed by atoms with Crippen molar-refractivity contribution in [1.29, 1.82) is 0 Å². The van der Waals surface area contributed by atoms with Gasteiger partial charge in [-0.2, -0.15) is 0 Å². The van der Waals surface area contributed by atoms with E-state index in [1.807, 2.05) is 13.8 Å². The summed E-state index contributed by atoms with van der Waals surface area (Å²) in [6.45, 7) is 9.09. The molecule has 0 unspecified atom stereocenters. The van der Waals surface area contributed by atoms with Gasteiger partial charge in [0.05, 0.1) is 0 Å². The molecule has 0 bridgehead atoms. The molecule has 3 heteroatoms. The van der Waals surface area contributed by atoms with Crippen molar-refractivity contribution in [1.82, 2.24) is 0 Å². The summed E-state index contributed by atoms with van der Waals surface area (Å²) in [6, 6.07) is 0. The minimum atomic E-state index is -1.18. The molecular weight excluding hydrogens is 264 g/mol. The second-order valence-electron chi connectivity index (χ2n) is 6.49. The van der Waals surface area contributed by atoms with Crippen molar-refractivity contribution in [2.45, 2.75) is 64.1 Å². The minimum Gasteiger partial charge on any atom is -0.380 e. The fourth-order valence-electron chi connectivity index (χ4n) is 4.00. The Labute approximate surface area is 127 Å². The molecule has 2 atom stereocenters. The highest BCUT2D eigenvalue weighted by molar-refractivity contribution is 6.04. The van der Waals surface area contributed by atoms with Gasteiger partial charge in [0.2, 0.25) is 0 Å². The zero-order valence-electron chi connectivity index (χ0n) is 13.6. The molecule has 0 spiro atoms. The molecular formula is C18H26O3. The zero-order chi connectivity index (χ0) is 15.8. The normalized spacial score (nSPS) is 34.2. The van der Waals surface area contributed by atoms with Crippen LogP contribution in [0, 0.1) is 5.92 Å². The number of aliphatic hydroxyl groups is 1. The molecule has 1 saturated carbocycles. The highest BCUT2D eigenvalue weighted by atomic mass is 16.5. The smallest absolute Gasteiger partial charge is 0.190 e. The van der Waals surface area contributed by atoms with E-state index in [0.29, 0.717) is 16.7 Å². The number of methoxy groups -OCH3 is 1. The summed E-state index contributed by atoms with van der Waals surface area (Å²) < 4.78 is 5.78. The lowest BCUT2D eigenvalue weighted by molar-refractivity contribution is -0.155. The van der Waals surface area contributed by atoms with E-state index in [0.717, 1.165) is 25.7 Å². The Balaban J connectivity index is 2.60. The number of carbonyl (C=O) groups excluding carboxylic acids is 1. The van der Waals surface area contributed by atoms with Crippen molar-refractivity contribution in [2.75, 3.05) is 7.11 Å². The predicted molar refractivity (Wildman–Crippen MR) is 83.0 cm³/mol. The lowest BCUT2D eigenvalue weighted by atomic mass is 9.64. The van der Waals surface area contributed by atoms with Gasteiger partial charge >= 0.3 is 0 Å². The monoisotopic (exact) mass is 290 g/mol. The molecule has 1 N–H and O–H groups in total. The average Bonchev–Trinajstić information content (AvgIpc) is 3.03. The van der Waals surface area contributed by atoms with E-state index >= 15 is 0 Å². The number of carbonyl (C=O) groups is 1. The van der Waals surface area contributed by atoms with Gasteiger partial charge in [0.25, 0.3) is 0 Å². The first-order valence-corrected chi connectivity index (χ1v) is 7.71. The standard InChI is InChI=1S/C18H26O3/c1-6-12(2)17(20)11-18(21-5,15-9-7-8-10-15)16(19)13(3)14(17)4/h15,20H,1,7-11H2,2-5H3/t17-,18+/m1/s1. The second-order valence-corrected chi connectivity index (χ2v) is 6.49. The van der Waals surface area contributed by atoms with Crippen LogP contribution in [0.25, 0.3) is 0 Å². The van der Waals surface area contributed by atoms with Crippen LogP contribution >= 0.6 is 0 Å². The molecule has 0 saturated heterocycles. The summed E-state index contributed by atoms with van der Waals surface area (Å²) >= 11 is 0. The largest absolute Gasteiger partial charge is 0.380 e. The van der Waals surface area contributed by atoms with Gasteiger partial charge in [-0.3, -0.25) is 4.79 Å². The SMILES string of the molecule is C=C=C(C)[C@]1(O)C[C@](OC)(C2CCCC2)C(=O)C(C)=C1C. The van der Waals surface area contributed by atoms with Crippen LogP contribution in [0.2, 0.25) is 0 Å². The summed E-state index contributed by atoms with van der Waals surface area (Å²) in [7, 11) is 1.59. The maximum absolute atomic E-state index is 12.9. The third-order valence-corrected chi connectivity index (χ3v) is 5.69. The fourth-order valence-corrected chi connectivity index (χ4v) is 4.00. The van der Waals surface area contributed by atoms with E-state index in [1.54, 1.807) is 14.0 Å². The van der Waals surface area contributed by atoms with Gasteiger partial charge in [-0.05, 0) is 50.7 Å². The van der Waals surface area contributed by atoms with Gasteiger partial charge < -0.3 is 9.84 Å². The van der Waals surface area contributed by atoms with Crippen molar-refractivity contribution in [3.63, 3.8) is 0 Å². The first kappa shape index (κ1) is 16.2. The topological polar surface area (TPSA) is 46.5 Å². The van der Waals surface area contributed by atoms with E-state index in [-0.39, 0.29) is 18.1 Å². The van der Waals surface area contributed by atoms with Crippen LogP contribution in [0.15, 0.2) is 29.0 Å². The molecule has 21 heavy (non-hydrogen) atoms. The van der Waals surface area contributed by atoms with E-state index < -0.39 is 11.2 Å². The van der Waals surface area contributed by atoms with Crippen LogP contribution < -0.4 is 0 Å². The minimum absolute atomic E-state index is 0.0379. The number of hydrogen-bond donors (Lipinski definition) is 1. The number of rotatable bonds is 3. The first-order valence-electron chi connectivity index (χ1n) is 7.71. The predicted octanol–water partition coefficient (Wildman–Crippen LogP) is 3.33. The maximum Gasteiger partial charge on any atom is 0.190 e. The van der Waals surface area contributed by atoms with E-state index in [4.69, 9.17) is 4.74 Å². The van der Waals surface area contributed by atoms with Crippen LogP contribution in [0.3, 0.4) is 0 Å². The van der Waals surface area contributed by atoms with Crippen molar-refractivity contribution in [2.24, 2.45) is 5.92 Å². The third kappa shape index (κ3) is 2.24. The van der Waals surface area contributed by atoms with Crippen LogP contribution in [0.1, 0.15) is 52.9 Å². The summed E-state index contributed by atoms with van der Waals surface area (Å²) in [6.07, 6.45) is 4.49. The molecule has 0 heterocycles. The number of ketones is 1. The van der Waals surface area contributed by atoms with E-state index in [2.05, 4.69) is 12.3 Å². The van der Waals surface area contributed by atoms with Crippen LogP contribution in [0.5, 0.6) is 0 Å². The maximum atomic E-state index is 12.9. The zero-order valence-corrected chi connectivity index (χ0v) is 13.6. The molecule has 3 nitrogen and oxygen atoms in total. The molecule has 0 amide bonds. The first-order chi connectivity index (χ1) is 9.83. The average molecular weight is 290 g/mol. The quantitative estimate of drug-likeness (QED) is 0.811. The molecule has 0 aromatic heterocycles. The van der Waals surface area contributed by atoms with Gasteiger partial charge in [-0.15, -0.1) is 5.73 Å². The van der Waals surface area contributed by atoms with E-state index in [1.165, 1.54) is 0 Å². The summed E-state index contributed by atoms with van der Waals surface area (Å²) in [4.78, 5) is 12.9. The van der Waals surface area contributed by atoms with E-state index in [9.17, 15) is 9.90 Å². The van der Waals surface area contributed by atoms with Crippen molar-refractivity contribution >= 4 is 5.78 Å². The Kier molecular flexibility index (Phi) is 4.30. The molecule has 1 fully saturated rings. The Morgan fingerprint density at radius 1 is 1.38 bits per heavy atom. The number of ether oxygens (including phenoxy) is 1. The number of hydrogen-bond acceptors (Lipinski definition) is 3. The van der Waals surface area contributed by atoms with Crippen molar-refractivity contribution in [3.8, 4) is 0 Å². The van der Waals surface area contributed by atoms with Crippen LogP contribution in [0.4, 0.5) is 0 Å². The van der Waals surface area contributed by atoms with Crippen LogP contribution in [-0.2, 0) is 9.53 Å². The van der Waals surface area contributed by atoms with Gasteiger partial charge in [-0.25, -0.2) is 0 Å². The van der Waals surface area contributed by atoms with Crippen molar-refractivity contribution < 1.29 is 14.6 Å². The van der Waals surface area contributed by atoms with Gasteiger partial charge in [-0.1, -0.05) is 19.4 Å². The summed E-state index contributed by atoms with van der Waals surface area (Å²) in [5.74, 6) is 0.220. The van der Waals surface area contributed by atoms with Crippen molar-refractivity contribution in [3.05, 3.63) is 29.0 Å². The Hall–Kier alpha value is -1.15. The Morgan fingerprint density at radius 3 is 2.43 bits per heavy atom. The summed E-state index contributed by atoms with van der Waals surface area (Å²) in [5, 5.41) is 11.2. The fraction of sp³-hybridized carbons (Fsp3) is 0.667. The molecule has 2 rings (SSSR count). The molecule has 2 aliphatic carbocycles. The molecule has 0 aliphatic heterocycles. The lowest BCUT2D eigenvalue weighted by Gasteiger charge is -2.47. The third-order valence-electron chi connectivity index (χ3n) is 5.69. The van der Waals surface area contributed by atoms with Gasteiger partial charge in [0.1, 0.15) is 11.2 Å². The lowest BCUT2D eigenvalue weighted by Crippen LogP contribution is -2.57. The van der Waals surface area contributed by atoms with Crippen LogP contribution in [-0.4, -0.2) is 29.2 Å². The number of Topliss-reactive ketones (excluding diaryl/α,β-unsaturated/α-hetero) is 1. The highest BCUT2D eigenvalue weighted by Crippen LogP contribution is 2.49. The van der Waals surface area contributed by atoms with Gasteiger partial charge in [0, 0.05) is 19.1 Å².